The molecule has 2 aromatic carbocycles. The third kappa shape index (κ3) is 3.60. The first-order valence-corrected chi connectivity index (χ1v) is 9.95. The SMILES string of the molecule is CC(NC(=O)OCC1c2ccccc2-c2ccccc21)(C(=O)O)C1CCOCC1. The number of hydrogen-bond donors (Lipinski definition) is 2. The molecule has 1 unspecified atom stereocenters. The molecule has 1 atom stereocenters. The van der Waals surface area contributed by atoms with E-state index in [0.29, 0.717) is 26.1 Å². The second-order valence-corrected chi connectivity index (χ2v) is 7.84. The first-order valence-electron chi connectivity index (χ1n) is 9.95. The maximum Gasteiger partial charge on any atom is 0.408 e. The molecular weight excluding hydrogens is 370 g/mol. The first-order chi connectivity index (χ1) is 14.0. The fraction of sp³-hybridized carbons (Fsp3) is 0.391. The number of ether oxygens (including phenoxy) is 2. The average Bonchev–Trinajstić information content (AvgIpc) is 3.06. The van der Waals surface area contributed by atoms with Gasteiger partial charge in [-0.15, -0.1) is 0 Å². The number of aliphatic carboxylic acids is 1. The van der Waals surface area contributed by atoms with E-state index in [-0.39, 0.29) is 18.4 Å². The van der Waals surface area contributed by atoms with Crippen LogP contribution in [0.15, 0.2) is 48.5 Å². The zero-order valence-electron chi connectivity index (χ0n) is 16.4. The molecule has 0 aromatic heterocycles. The van der Waals surface area contributed by atoms with Crippen LogP contribution in [0.4, 0.5) is 4.79 Å². The van der Waals surface area contributed by atoms with Gasteiger partial charge in [-0.05, 0) is 47.9 Å². The number of amides is 1. The maximum atomic E-state index is 12.6. The van der Waals surface area contributed by atoms with Crippen LogP contribution in [-0.2, 0) is 14.3 Å². The van der Waals surface area contributed by atoms with Gasteiger partial charge in [0.05, 0.1) is 0 Å². The van der Waals surface area contributed by atoms with Crippen molar-refractivity contribution in [1.29, 1.82) is 0 Å². The number of alkyl carbamates (subject to hydrolysis) is 1. The van der Waals surface area contributed by atoms with Gasteiger partial charge in [-0.1, -0.05) is 48.5 Å². The number of carboxylic acids is 1. The zero-order chi connectivity index (χ0) is 20.4. The zero-order valence-corrected chi connectivity index (χ0v) is 16.4. The summed E-state index contributed by atoms with van der Waals surface area (Å²) in [5.41, 5.74) is 3.15. The smallest absolute Gasteiger partial charge is 0.408 e. The fourth-order valence-electron chi connectivity index (χ4n) is 4.45. The van der Waals surface area contributed by atoms with Crippen LogP contribution in [0.1, 0.15) is 36.8 Å². The summed E-state index contributed by atoms with van der Waals surface area (Å²) in [6.45, 7) is 2.70. The molecule has 0 saturated carbocycles. The number of rotatable bonds is 5. The quantitative estimate of drug-likeness (QED) is 0.805. The normalized spacial score (nSPS) is 18.4. The van der Waals surface area contributed by atoms with Gasteiger partial charge in [-0.2, -0.15) is 0 Å². The van der Waals surface area contributed by atoms with E-state index in [1.54, 1.807) is 6.92 Å². The van der Waals surface area contributed by atoms with Crippen molar-refractivity contribution in [2.45, 2.75) is 31.2 Å². The van der Waals surface area contributed by atoms with E-state index in [9.17, 15) is 14.7 Å². The van der Waals surface area contributed by atoms with E-state index in [2.05, 4.69) is 17.4 Å². The highest BCUT2D eigenvalue weighted by Gasteiger charge is 2.44. The number of carboxylic acid groups (broad SMARTS) is 1. The third-order valence-electron chi connectivity index (χ3n) is 6.19. The molecule has 6 nitrogen and oxygen atoms in total. The van der Waals surface area contributed by atoms with Gasteiger partial charge >= 0.3 is 12.1 Å². The molecule has 2 N–H and O–H groups in total. The molecule has 152 valence electrons. The number of carbonyl (C=O) groups is 2. The highest BCUT2D eigenvalue weighted by Crippen LogP contribution is 2.44. The highest BCUT2D eigenvalue weighted by molar-refractivity contribution is 5.84. The van der Waals surface area contributed by atoms with Crippen LogP contribution in [-0.4, -0.2) is 42.5 Å². The van der Waals surface area contributed by atoms with Crippen molar-refractivity contribution in [2.75, 3.05) is 19.8 Å². The van der Waals surface area contributed by atoms with Crippen molar-refractivity contribution in [3.63, 3.8) is 0 Å². The third-order valence-corrected chi connectivity index (χ3v) is 6.19. The summed E-state index contributed by atoms with van der Waals surface area (Å²) in [5, 5.41) is 12.4. The molecule has 2 aliphatic rings. The molecule has 0 radical (unpaired) electrons. The topological polar surface area (TPSA) is 84.9 Å². The Hall–Kier alpha value is -2.86. The summed E-state index contributed by atoms with van der Waals surface area (Å²) < 4.78 is 10.9. The molecule has 0 bridgehead atoms. The molecule has 1 fully saturated rings. The van der Waals surface area contributed by atoms with Crippen LogP contribution in [0.3, 0.4) is 0 Å². The minimum atomic E-state index is -1.38. The molecule has 29 heavy (non-hydrogen) atoms. The molecule has 6 heteroatoms. The van der Waals surface area contributed by atoms with Gasteiger partial charge in [0.2, 0.25) is 0 Å². The largest absolute Gasteiger partial charge is 0.480 e. The number of benzene rings is 2. The lowest BCUT2D eigenvalue weighted by molar-refractivity contribution is -0.148. The van der Waals surface area contributed by atoms with Crippen LogP contribution >= 0.6 is 0 Å². The lowest BCUT2D eigenvalue weighted by Crippen LogP contribution is -2.58. The van der Waals surface area contributed by atoms with Crippen molar-refractivity contribution in [1.82, 2.24) is 5.32 Å². The summed E-state index contributed by atoms with van der Waals surface area (Å²) in [7, 11) is 0. The number of fused-ring (bicyclic) bond motifs is 3. The lowest BCUT2D eigenvalue weighted by atomic mass is 9.80. The molecule has 1 aliphatic carbocycles. The monoisotopic (exact) mass is 395 g/mol. The van der Waals surface area contributed by atoms with Crippen LogP contribution < -0.4 is 5.32 Å². The van der Waals surface area contributed by atoms with Crippen LogP contribution in [0.25, 0.3) is 11.1 Å². The molecule has 1 heterocycles. The minimum absolute atomic E-state index is 0.0627. The van der Waals surface area contributed by atoms with Crippen molar-refractivity contribution in [3.8, 4) is 11.1 Å². The van der Waals surface area contributed by atoms with Gasteiger partial charge in [0.25, 0.3) is 0 Å². The summed E-state index contributed by atoms with van der Waals surface area (Å²) in [6.07, 6.45) is 0.474. The van der Waals surface area contributed by atoms with Gasteiger partial charge < -0.3 is 19.9 Å². The van der Waals surface area contributed by atoms with Crippen molar-refractivity contribution >= 4 is 12.1 Å². The molecule has 0 spiro atoms. The average molecular weight is 395 g/mol. The standard InChI is InChI=1S/C23H25NO5/c1-23(21(25)26,15-10-12-28-13-11-15)24-22(27)29-14-20-18-8-4-2-6-16(18)17-7-3-5-9-19(17)20/h2-9,15,20H,10-14H2,1H3,(H,24,27)(H,25,26). The van der Waals surface area contributed by atoms with E-state index in [1.807, 2.05) is 36.4 Å². The minimum Gasteiger partial charge on any atom is -0.480 e. The molecule has 1 amide bonds. The van der Waals surface area contributed by atoms with Crippen molar-refractivity contribution in [3.05, 3.63) is 59.7 Å². The Morgan fingerprint density at radius 1 is 1.07 bits per heavy atom. The van der Waals surface area contributed by atoms with Crippen LogP contribution in [0, 0.1) is 5.92 Å². The van der Waals surface area contributed by atoms with Crippen molar-refractivity contribution in [2.24, 2.45) is 5.92 Å². The fourth-order valence-corrected chi connectivity index (χ4v) is 4.45. The molecular formula is C23H25NO5. The van der Waals surface area contributed by atoms with E-state index < -0.39 is 17.6 Å². The van der Waals surface area contributed by atoms with Gasteiger partial charge in [0.15, 0.2) is 0 Å². The first kappa shape index (κ1) is 19.5. The Bertz CT molecular complexity index is 875. The second kappa shape index (κ2) is 7.87. The van der Waals surface area contributed by atoms with Crippen LogP contribution in [0.5, 0.6) is 0 Å². The second-order valence-electron chi connectivity index (χ2n) is 7.84. The molecule has 1 saturated heterocycles. The van der Waals surface area contributed by atoms with Gasteiger partial charge in [-0.3, -0.25) is 0 Å². The van der Waals surface area contributed by atoms with E-state index in [0.717, 1.165) is 22.3 Å². The summed E-state index contributed by atoms with van der Waals surface area (Å²) >= 11 is 0. The summed E-state index contributed by atoms with van der Waals surface area (Å²) in [5.74, 6) is -1.32. The Morgan fingerprint density at radius 2 is 1.62 bits per heavy atom. The predicted molar refractivity (Wildman–Crippen MR) is 108 cm³/mol. The Balaban J connectivity index is 1.47. The predicted octanol–water partition coefficient (Wildman–Crippen LogP) is 3.80. The maximum absolute atomic E-state index is 12.6. The summed E-state index contributed by atoms with van der Waals surface area (Å²) in [4.78, 5) is 24.5. The lowest BCUT2D eigenvalue weighted by Gasteiger charge is -2.36. The van der Waals surface area contributed by atoms with E-state index >= 15 is 0 Å². The Kier molecular flexibility index (Phi) is 5.28. The Morgan fingerprint density at radius 3 is 2.17 bits per heavy atom. The van der Waals surface area contributed by atoms with Gasteiger partial charge in [0.1, 0.15) is 12.1 Å². The molecule has 1 aliphatic heterocycles. The Labute approximate surface area is 169 Å². The van der Waals surface area contributed by atoms with E-state index in [1.165, 1.54) is 0 Å². The van der Waals surface area contributed by atoms with Gasteiger partial charge in [0, 0.05) is 19.1 Å². The van der Waals surface area contributed by atoms with E-state index in [4.69, 9.17) is 9.47 Å². The summed E-state index contributed by atoms with van der Waals surface area (Å²) in [6, 6.07) is 16.2. The highest BCUT2D eigenvalue weighted by atomic mass is 16.5. The van der Waals surface area contributed by atoms with Crippen molar-refractivity contribution < 1.29 is 24.2 Å². The van der Waals surface area contributed by atoms with Crippen LogP contribution in [0.2, 0.25) is 0 Å². The van der Waals surface area contributed by atoms with Gasteiger partial charge in [-0.25, -0.2) is 9.59 Å². The number of nitrogens with one attached hydrogen (secondary N) is 1. The molecule has 4 rings (SSSR count). The number of hydrogen-bond acceptors (Lipinski definition) is 4. The molecule has 2 aromatic rings. The number of carbonyl (C=O) groups excluding carboxylic acids is 1.